The molecule has 0 radical (unpaired) electrons. The van der Waals surface area contributed by atoms with Crippen molar-refractivity contribution < 1.29 is 8.42 Å². The van der Waals surface area contributed by atoms with Crippen LogP contribution in [0.15, 0.2) is 36.8 Å². The molecule has 0 unspecified atom stereocenters. The van der Waals surface area contributed by atoms with Gasteiger partial charge in [-0.15, -0.1) is 0 Å². The number of hydrogen-bond donors (Lipinski definition) is 0. The smallest absolute Gasteiger partial charge is 0.218 e. The fourth-order valence-corrected chi connectivity index (χ4v) is 3.85. The molecule has 0 atom stereocenters. The molecule has 0 aliphatic carbocycles. The van der Waals surface area contributed by atoms with Crippen LogP contribution in [0.4, 0.5) is 0 Å². The monoisotopic (exact) mass is 309 g/mol. The van der Waals surface area contributed by atoms with E-state index in [0.29, 0.717) is 23.7 Å². The van der Waals surface area contributed by atoms with Crippen LogP contribution in [-0.4, -0.2) is 22.7 Å². The van der Waals surface area contributed by atoms with Gasteiger partial charge in [0.25, 0.3) is 0 Å². The summed E-state index contributed by atoms with van der Waals surface area (Å²) in [5, 5.41) is 0.535. The zero-order valence-corrected chi connectivity index (χ0v) is 12.1. The van der Waals surface area contributed by atoms with Crippen LogP contribution in [0.1, 0.15) is 16.8 Å². The van der Waals surface area contributed by atoms with Crippen LogP contribution >= 0.6 is 11.6 Å². The summed E-state index contributed by atoms with van der Waals surface area (Å²) in [6, 6.07) is 6.89. The van der Waals surface area contributed by atoms with Gasteiger partial charge in [0.1, 0.15) is 6.33 Å². The first-order valence-corrected chi connectivity index (χ1v) is 8.03. The van der Waals surface area contributed by atoms with Gasteiger partial charge < -0.3 is 0 Å². The quantitative estimate of drug-likeness (QED) is 0.869. The number of benzene rings is 1. The predicted molar refractivity (Wildman–Crippen MR) is 75.4 cm³/mol. The van der Waals surface area contributed by atoms with Gasteiger partial charge in [-0.25, -0.2) is 18.4 Å². The molecule has 0 saturated carbocycles. The summed E-state index contributed by atoms with van der Waals surface area (Å²) < 4.78 is 26.3. The van der Waals surface area contributed by atoms with E-state index < -0.39 is 10.0 Å². The number of halogens is 1. The molecule has 7 heteroatoms. The van der Waals surface area contributed by atoms with Crippen molar-refractivity contribution in [1.29, 1.82) is 0 Å². The summed E-state index contributed by atoms with van der Waals surface area (Å²) in [5.41, 5.74) is 2.32. The third kappa shape index (κ3) is 2.67. The van der Waals surface area contributed by atoms with Gasteiger partial charge in [-0.3, -0.25) is 0 Å². The highest BCUT2D eigenvalue weighted by molar-refractivity contribution is 7.88. The van der Waals surface area contributed by atoms with Crippen molar-refractivity contribution in [2.75, 3.05) is 0 Å². The third-order valence-electron chi connectivity index (χ3n) is 3.19. The maximum absolute atomic E-state index is 12.4. The molecule has 104 valence electrons. The van der Waals surface area contributed by atoms with E-state index in [1.54, 1.807) is 30.5 Å². The molecule has 1 aromatic heterocycles. The maximum atomic E-state index is 12.4. The van der Waals surface area contributed by atoms with Crippen molar-refractivity contribution in [3.63, 3.8) is 0 Å². The lowest BCUT2D eigenvalue weighted by atomic mass is 10.2. The van der Waals surface area contributed by atoms with Crippen LogP contribution in [0.3, 0.4) is 0 Å². The highest BCUT2D eigenvalue weighted by Gasteiger charge is 2.30. The molecule has 0 spiro atoms. The van der Waals surface area contributed by atoms with Gasteiger partial charge in [0.2, 0.25) is 10.0 Å². The summed E-state index contributed by atoms with van der Waals surface area (Å²) >= 11 is 5.88. The Balaban J connectivity index is 1.81. The Bertz CT molecular complexity index is 724. The fourth-order valence-electron chi connectivity index (χ4n) is 2.20. The number of sulfonamides is 1. The Kier molecular flexibility index (Phi) is 3.45. The van der Waals surface area contributed by atoms with E-state index in [0.717, 1.165) is 11.3 Å². The van der Waals surface area contributed by atoms with Crippen LogP contribution < -0.4 is 0 Å². The van der Waals surface area contributed by atoms with E-state index in [1.807, 2.05) is 0 Å². The first-order valence-electron chi connectivity index (χ1n) is 6.04. The highest BCUT2D eigenvalue weighted by Crippen LogP contribution is 2.25. The molecule has 2 aromatic rings. The molecule has 3 rings (SSSR count). The molecule has 0 amide bonds. The highest BCUT2D eigenvalue weighted by atomic mass is 35.5. The number of rotatable bonds is 3. The normalized spacial score (nSPS) is 15.2. The summed E-state index contributed by atoms with van der Waals surface area (Å²) in [6.45, 7) is 0.639. The van der Waals surface area contributed by atoms with E-state index in [1.165, 1.54) is 10.6 Å². The van der Waals surface area contributed by atoms with Gasteiger partial charge in [0.05, 0.1) is 18.0 Å². The second-order valence-corrected chi connectivity index (χ2v) is 7.05. The van der Waals surface area contributed by atoms with Crippen LogP contribution in [0.5, 0.6) is 0 Å². The second kappa shape index (κ2) is 5.12. The number of hydrogen-bond acceptors (Lipinski definition) is 4. The minimum Gasteiger partial charge on any atom is -0.244 e. The Morgan fingerprint density at radius 1 is 1.30 bits per heavy atom. The maximum Gasteiger partial charge on any atom is 0.218 e. The molecule has 1 aliphatic rings. The van der Waals surface area contributed by atoms with Crippen molar-refractivity contribution in [3.8, 4) is 0 Å². The lowest BCUT2D eigenvalue weighted by Gasteiger charge is -2.15. The third-order valence-corrected chi connectivity index (χ3v) is 5.16. The molecule has 5 nitrogen and oxygen atoms in total. The zero-order chi connectivity index (χ0) is 14.2. The molecule has 0 fully saturated rings. The first-order chi connectivity index (χ1) is 9.54. The minimum absolute atomic E-state index is 0.0605. The largest absolute Gasteiger partial charge is 0.244 e. The van der Waals surface area contributed by atoms with E-state index >= 15 is 0 Å². The van der Waals surface area contributed by atoms with E-state index in [2.05, 4.69) is 9.97 Å². The predicted octanol–water partition coefficient (Wildman–Crippen LogP) is 1.98. The summed E-state index contributed by atoms with van der Waals surface area (Å²) in [6.07, 6.45) is 3.10. The van der Waals surface area contributed by atoms with Crippen molar-refractivity contribution in [1.82, 2.24) is 14.3 Å². The molecular weight excluding hydrogens is 298 g/mol. The lowest BCUT2D eigenvalue weighted by Crippen LogP contribution is -2.27. The van der Waals surface area contributed by atoms with Gasteiger partial charge in [0, 0.05) is 23.3 Å². The molecule has 1 aliphatic heterocycles. The van der Waals surface area contributed by atoms with Gasteiger partial charge in [0.15, 0.2) is 0 Å². The van der Waals surface area contributed by atoms with Crippen molar-refractivity contribution in [2.24, 2.45) is 0 Å². The second-order valence-electron chi connectivity index (χ2n) is 4.65. The number of nitrogens with zero attached hydrogens (tertiary/aromatic N) is 3. The fraction of sp³-hybridized carbons (Fsp3) is 0.231. The van der Waals surface area contributed by atoms with Crippen LogP contribution in [-0.2, 0) is 28.9 Å². The van der Waals surface area contributed by atoms with Crippen molar-refractivity contribution >= 4 is 21.6 Å². The Morgan fingerprint density at radius 3 is 2.90 bits per heavy atom. The van der Waals surface area contributed by atoms with Crippen LogP contribution in [0, 0.1) is 0 Å². The zero-order valence-electron chi connectivity index (χ0n) is 10.5. The van der Waals surface area contributed by atoms with Crippen LogP contribution in [0.2, 0.25) is 5.02 Å². The van der Waals surface area contributed by atoms with E-state index in [-0.39, 0.29) is 5.75 Å². The lowest BCUT2D eigenvalue weighted by molar-refractivity contribution is 0.429. The Morgan fingerprint density at radius 2 is 2.15 bits per heavy atom. The van der Waals surface area contributed by atoms with E-state index in [9.17, 15) is 8.42 Å². The van der Waals surface area contributed by atoms with Gasteiger partial charge >= 0.3 is 0 Å². The standard InChI is InChI=1S/C13H12ClN3O2S/c14-12-3-1-2-10(4-12)8-20(18,19)17-6-11-5-15-9-16-13(11)7-17/h1-5,9H,6-8H2. The van der Waals surface area contributed by atoms with Gasteiger partial charge in [-0.2, -0.15) is 4.31 Å². The molecule has 2 heterocycles. The molecule has 0 N–H and O–H groups in total. The molecule has 1 aromatic carbocycles. The molecular formula is C13H12ClN3O2S. The van der Waals surface area contributed by atoms with Gasteiger partial charge in [-0.05, 0) is 17.7 Å². The van der Waals surface area contributed by atoms with Crippen molar-refractivity contribution in [2.45, 2.75) is 18.8 Å². The average Bonchev–Trinajstić information content (AvgIpc) is 2.82. The van der Waals surface area contributed by atoms with Crippen molar-refractivity contribution in [3.05, 3.63) is 58.6 Å². The number of aromatic nitrogens is 2. The SMILES string of the molecule is O=S(=O)(Cc1cccc(Cl)c1)N1Cc2cncnc2C1. The molecule has 0 saturated heterocycles. The summed E-state index contributed by atoms with van der Waals surface area (Å²) in [7, 11) is -3.39. The summed E-state index contributed by atoms with van der Waals surface area (Å²) in [5.74, 6) is -0.0605. The Labute approximate surface area is 122 Å². The van der Waals surface area contributed by atoms with Crippen LogP contribution in [0.25, 0.3) is 0 Å². The van der Waals surface area contributed by atoms with Gasteiger partial charge in [-0.1, -0.05) is 23.7 Å². The molecule has 0 bridgehead atoms. The minimum atomic E-state index is -3.39. The first kappa shape index (κ1) is 13.5. The number of fused-ring (bicyclic) bond motifs is 1. The topological polar surface area (TPSA) is 63.2 Å². The van der Waals surface area contributed by atoms with E-state index in [4.69, 9.17) is 11.6 Å². The average molecular weight is 310 g/mol. The summed E-state index contributed by atoms with van der Waals surface area (Å²) in [4.78, 5) is 8.02. The Hall–Kier alpha value is -1.50. The molecule has 20 heavy (non-hydrogen) atoms.